The lowest BCUT2D eigenvalue weighted by atomic mass is 10.3. The van der Waals surface area contributed by atoms with Crippen molar-refractivity contribution in [3.05, 3.63) is 40.6 Å². The summed E-state index contributed by atoms with van der Waals surface area (Å²) in [6, 6.07) is 7.83. The van der Waals surface area contributed by atoms with Crippen LogP contribution in [-0.2, 0) is 19.9 Å². The van der Waals surface area contributed by atoms with Crippen LogP contribution in [0.5, 0.6) is 11.5 Å². The third-order valence-electron chi connectivity index (χ3n) is 3.87. The average Bonchev–Trinajstić information content (AvgIpc) is 3.25. The molecule has 1 aliphatic rings. The van der Waals surface area contributed by atoms with E-state index in [-0.39, 0.29) is 24.0 Å². The molecule has 1 N–H and O–H groups in total. The van der Waals surface area contributed by atoms with Gasteiger partial charge in [0.2, 0.25) is 16.8 Å². The monoisotopic (exact) mass is 417 g/mol. The van der Waals surface area contributed by atoms with Crippen LogP contribution in [0.1, 0.15) is 23.5 Å². The Kier molecular flexibility index (Phi) is 5.56. The minimum atomic E-state index is -3.84. The lowest BCUT2D eigenvalue weighted by molar-refractivity contribution is 0.174. The Hall–Kier alpha value is -1.62. The van der Waals surface area contributed by atoms with Crippen LogP contribution in [0, 0.1) is 0 Å². The second-order valence-electron chi connectivity index (χ2n) is 5.73. The van der Waals surface area contributed by atoms with Crippen molar-refractivity contribution in [1.82, 2.24) is 4.72 Å². The van der Waals surface area contributed by atoms with E-state index < -0.39 is 25.1 Å². The number of nitrogens with one attached hydrogen (secondary N) is 1. The van der Waals surface area contributed by atoms with E-state index in [4.69, 9.17) is 9.47 Å². The molecule has 26 heavy (non-hydrogen) atoms. The van der Waals surface area contributed by atoms with Crippen LogP contribution in [0.2, 0.25) is 0 Å². The molecule has 0 spiro atoms. The van der Waals surface area contributed by atoms with Crippen molar-refractivity contribution >= 4 is 31.2 Å². The fourth-order valence-corrected chi connectivity index (χ4v) is 6.61. The molecular formula is C16H19NO6S3. The highest BCUT2D eigenvalue weighted by molar-refractivity contribution is 7.92. The molecule has 7 nitrogen and oxygen atoms in total. The molecule has 1 aromatic carbocycles. The van der Waals surface area contributed by atoms with Crippen LogP contribution in [0.3, 0.4) is 0 Å². The Morgan fingerprint density at radius 2 is 1.92 bits per heavy atom. The normalized spacial score (nSPS) is 15.1. The van der Waals surface area contributed by atoms with Crippen LogP contribution in [0.15, 0.2) is 40.6 Å². The third kappa shape index (κ3) is 4.03. The van der Waals surface area contributed by atoms with Crippen LogP contribution < -0.4 is 14.2 Å². The number of hydrogen-bond acceptors (Lipinski definition) is 7. The van der Waals surface area contributed by atoms with Crippen molar-refractivity contribution in [1.29, 1.82) is 0 Å². The summed E-state index contributed by atoms with van der Waals surface area (Å²) in [5, 5.41) is 0.743. The summed E-state index contributed by atoms with van der Waals surface area (Å²) in [4.78, 5) is 0.636. The summed E-state index contributed by atoms with van der Waals surface area (Å²) in [6.07, 6.45) is 0.452. The quantitative estimate of drug-likeness (QED) is 0.708. The fourth-order valence-electron chi connectivity index (χ4n) is 2.60. The Morgan fingerprint density at radius 1 is 1.15 bits per heavy atom. The maximum atomic E-state index is 13.2. The molecule has 2 aromatic rings. The minimum Gasteiger partial charge on any atom is -0.454 e. The number of fused-ring (bicyclic) bond motifs is 1. The van der Waals surface area contributed by atoms with Crippen molar-refractivity contribution in [2.45, 2.75) is 23.5 Å². The highest BCUT2D eigenvalue weighted by Crippen LogP contribution is 2.38. The van der Waals surface area contributed by atoms with Gasteiger partial charge in [-0.1, -0.05) is 13.0 Å². The van der Waals surface area contributed by atoms with Gasteiger partial charge in [-0.2, -0.15) is 0 Å². The topological polar surface area (TPSA) is 98.8 Å². The van der Waals surface area contributed by atoms with Crippen molar-refractivity contribution < 1.29 is 26.3 Å². The number of thiophene rings is 1. The first-order valence-corrected chi connectivity index (χ1v) is 12.1. The lowest BCUT2D eigenvalue weighted by Gasteiger charge is -2.17. The molecule has 142 valence electrons. The summed E-state index contributed by atoms with van der Waals surface area (Å²) in [5.41, 5.74) is 0. The highest BCUT2D eigenvalue weighted by atomic mass is 32.2. The molecule has 1 aliphatic heterocycles. The molecule has 0 bridgehead atoms. The number of sulfonamides is 1. The Morgan fingerprint density at radius 3 is 2.62 bits per heavy atom. The van der Waals surface area contributed by atoms with Crippen molar-refractivity contribution in [2.75, 3.05) is 19.1 Å². The first kappa shape index (κ1) is 19.2. The molecule has 0 saturated carbocycles. The van der Waals surface area contributed by atoms with Gasteiger partial charge in [0.15, 0.2) is 21.3 Å². The predicted molar refractivity (Wildman–Crippen MR) is 98.9 cm³/mol. The van der Waals surface area contributed by atoms with Crippen LogP contribution in [0.4, 0.5) is 0 Å². The molecule has 0 aliphatic carbocycles. The largest absolute Gasteiger partial charge is 0.454 e. The molecular weight excluding hydrogens is 398 g/mol. The number of ether oxygens (including phenoxy) is 2. The zero-order valence-corrected chi connectivity index (χ0v) is 16.5. The summed E-state index contributed by atoms with van der Waals surface area (Å²) < 4.78 is 63.2. The second-order valence-corrected chi connectivity index (χ2v) is 10.8. The van der Waals surface area contributed by atoms with Gasteiger partial charge in [-0.3, -0.25) is 0 Å². The predicted octanol–water partition coefficient (Wildman–Crippen LogP) is 2.32. The maximum absolute atomic E-state index is 13.2. The van der Waals surface area contributed by atoms with Crippen molar-refractivity contribution in [3.8, 4) is 11.5 Å². The van der Waals surface area contributed by atoms with E-state index >= 15 is 0 Å². The van der Waals surface area contributed by atoms with Crippen LogP contribution in [-0.4, -0.2) is 35.9 Å². The molecule has 1 aromatic heterocycles. The van der Waals surface area contributed by atoms with E-state index in [1.807, 2.05) is 0 Å². The molecule has 1 atom stereocenters. The fraction of sp³-hybridized carbons (Fsp3) is 0.375. The first-order valence-electron chi connectivity index (χ1n) is 7.98. The maximum Gasteiger partial charge on any atom is 0.231 e. The molecule has 0 amide bonds. The van der Waals surface area contributed by atoms with E-state index in [2.05, 4.69) is 4.72 Å². The first-order chi connectivity index (χ1) is 12.3. The standard InChI is InChI=1S/C16H19NO6S3/c1-2-8-25(18,19)17-10-16(15-4-3-7-24-15)26(20,21)12-5-6-13-14(9-12)23-11-22-13/h3-7,9,16-17H,2,8,10-11H2,1H3/t16-/m0/s1. The molecule has 0 fully saturated rings. The molecule has 10 heteroatoms. The number of hydrogen-bond donors (Lipinski definition) is 1. The highest BCUT2D eigenvalue weighted by Gasteiger charge is 2.32. The van der Waals surface area contributed by atoms with Gasteiger partial charge in [-0.15, -0.1) is 11.3 Å². The van der Waals surface area contributed by atoms with Gasteiger partial charge in [0.05, 0.1) is 10.6 Å². The minimum absolute atomic E-state index is 0.0456. The Bertz CT molecular complexity index is 967. The summed E-state index contributed by atoms with van der Waals surface area (Å²) in [6.45, 7) is 1.57. The van der Waals surface area contributed by atoms with Crippen LogP contribution in [0.25, 0.3) is 0 Å². The average molecular weight is 418 g/mol. The lowest BCUT2D eigenvalue weighted by Crippen LogP contribution is -2.33. The smallest absolute Gasteiger partial charge is 0.231 e. The number of rotatable bonds is 8. The number of sulfone groups is 1. The van der Waals surface area contributed by atoms with E-state index in [9.17, 15) is 16.8 Å². The zero-order valence-electron chi connectivity index (χ0n) is 14.0. The molecule has 3 rings (SSSR count). The van der Waals surface area contributed by atoms with Gasteiger partial charge in [0.25, 0.3) is 0 Å². The van der Waals surface area contributed by atoms with Gasteiger partial charge in [-0.05, 0) is 30.0 Å². The van der Waals surface area contributed by atoms with Crippen LogP contribution >= 0.6 is 11.3 Å². The van der Waals surface area contributed by atoms with Gasteiger partial charge in [-0.25, -0.2) is 21.6 Å². The van der Waals surface area contributed by atoms with Crippen molar-refractivity contribution in [2.24, 2.45) is 0 Å². The summed E-state index contributed by atoms with van der Waals surface area (Å²) >= 11 is 1.27. The van der Waals surface area contributed by atoms with E-state index in [0.29, 0.717) is 22.8 Å². The van der Waals surface area contributed by atoms with Crippen molar-refractivity contribution in [3.63, 3.8) is 0 Å². The van der Waals surface area contributed by atoms with Gasteiger partial charge in [0, 0.05) is 17.5 Å². The molecule has 0 unspecified atom stereocenters. The summed E-state index contributed by atoms with van der Waals surface area (Å²) in [5.74, 6) is 0.802. The molecule has 2 heterocycles. The third-order valence-corrected chi connectivity index (χ3v) is 8.64. The second kappa shape index (κ2) is 7.55. The van der Waals surface area contributed by atoms with E-state index in [0.717, 1.165) is 0 Å². The van der Waals surface area contributed by atoms with Gasteiger partial charge >= 0.3 is 0 Å². The SMILES string of the molecule is CCCS(=O)(=O)NC[C@@H](c1cccs1)S(=O)(=O)c1ccc2c(c1)OCO2. The van der Waals surface area contributed by atoms with E-state index in [1.54, 1.807) is 30.5 Å². The number of benzene rings is 1. The summed E-state index contributed by atoms with van der Waals surface area (Å²) in [7, 11) is -7.36. The zero-order chi connectivity index (χ0) is 18.8. The Balaban J connectivity index is 1.93. The van der Waals surface area contributed by atoms with Gasteiger partial charge in [0.1, 0.15) is 5.25 Å². The Labute approximate surface area is 156 Å². The van der Waals surface area contributed by atoms with E-state index in [1.165, 1.54) is 23.5 Å². The molecule has 0 radical (unpaired) electrons. The van der Waals surface area contributed by atoms with Gasteiger partial charge < -0.3 is 9.47 Å². The molecule has 0 saturated heterocycles.